The van der Waals surface area contributed by atoms with Gasteiger partial charge in [-0.15, -0.1) is 26.3 Å². The third-order valence-electron chi connectivity index (χ3n) is 6.45. The summed E-state index contributed by atoms with van der Waals surface area (Å²) in [5, 5.41) is 4.61. The second-order valence-corrected chi connectivity index (χ2v) is 8.47. The number of nitrogens with zero attached hydrogens (tertiary/aromatic N) is 2. The molecule has 3 nitrogen and oxygen atoms in total. The zero-order valence-corrected chi connectivity index (χ0v) is 15.6. The number of piperidine rings is 1. The molecule has 0 aromatic heterocycles. The lowest BCUT2D eigenvalue weighted by atomic mass is 9.89. The van der Waals surface area contributed by atoms with Crippen LogP contribution in [0.5, 0.6) is 5.75 Å². The first-order chi connectivity index (χ1) is 13.0. The molecule has 1 aromatic carbocycles. The summed E-state index contributed by atoms with van der Waals surface area (Å²) >= 11 is 0. The van der Waals surface area contributed by atoms with E-state index in [-0.39, 0.29) is 5.75 Å². The van der Waals surface area contributed by atoms with Gasteiger partial charge in [-0.05, 0) is 42.7 Å². The first-order valence-corrected chi connectivity index (χ1v) is 10.2. The van der Waals surface area contributed by atoms with E-state index in [9.17, 15) is 13.2 Å². The lowest BCUT2D eigenvalue weighted by molar-refractivity contribution is -0.274. The van der Waals surface area contributed by atoms with Crippen LogP contribution in [0.4, 0.5) is 13.2 Å². The molecule has 27 heavy (non-hydrogen) atoms. The van der Waals surface area contributed by atoms with Crippen molar-refractivity contribution in [1.29, 1.82) is 0 Å². The fourth-order valence-corrected chi connectivity index (χ4v) is 5.08. The molecule has 2 atom stereocenters. The van der Waals surface area contributed by atoms with Crippen LogP contribution >= 0.6 is 0 Å². The molecule has 0 radical (unpaired) electrons. The van der Waals surface area contributed by atoms with E-state index >= 15 is 0 Å². The summed E-state index contributed by atoms with van der Waals surface area (Å²) < 4.78 is 40.9. The molecule has 1 aromatic rings. The number of benzene rings is 1. The topological polar surface area (TPSA) is 26.6 Å². The number of hydrogen-bond acceptors (Lipinski definition) is 2. The Balaban J connectivity index is 1.15. The van der Waals surface area contributed by atoms with Gasteiger partial charge in [-0.2, -0.15) is 0 Å². The maximum atomic E-state index is 12.3. The number of fused-ring (bicyclic) bond motifs is 1. The van der Waals surface area contributed by atoms with Gasteiger partial charge in [-0.3, -0.25) is 0 Å². The van der Waals surface area contributed by atoms with Gasteiger partial charge in [-0.1, -0.05) is 42.9 Å². The second-order valence-electron chi connectivity index (χ2n) is 8.47. The van der Waals surface area contributed by atoms with Gasteiger partial charge in [0, 0.05) is 19.6 Å². The van der Waals surface area contributed by atoms with E-state index in [0.717, 1.165) is 29.9 Å². The van der Waals surface area contributed by atoms with Crippen LogP contribution in [0, 0.1) is 23.7 Å². The quantitative estimate of drug-likeness (QED) is 0.648. The van der Waals surface area contributed by atoms with Crippen LogP contribution < -0.4 is 4.74 Å². The van der Waals surface area contributed by atoms with E-state index in [0.29, 0.717) is 12.5 Å². The summed E-state index contributed by atoms with van der Waals surface area (Å²) in [5.41, 5.74) is 0.765. The van der Waals surface area contributed by atoms with Crippen LogP contribution in [-0.4, -0.2) is 37.4 Å². The molecule has 6 heteroatoms. The lowest BCUT2D eigenvalue weighted by Crippen LogP contribution is -2.31. The first-order valence-electron chi connectivity index (χ1n) is 10.2. The van der Waals surface area contributed by atoms with E-state index in [4.69, 9.17) is 0 Å². The minimum absolute atomic E-state index is 0.170. The Bertz CT molecular complexity index is 618. The van der Waals surface area contributed by atoms with E-state index in [1.54, 1.807) is 12.1 Å². The number of ether oxygens (including phenoxy) is 1. The minimum atomic E-state index is -4.65. The molecule has 3 fully saturated rings. The maximum Gasteiger partial charge on any atom is 0.573 e. The highest BCUT2D eigenvalue weighted by Crippen LogP contribution is 2.52. The van der Waals surface area contributed by atoms with Gasteiger partial charge in [0.05, 0.1) is 0 Å². The van der Waals surface area contributed by atoms with Gasteiger partial charge in [0.15, 0.2) is 0 Å². The molecule has 2 saturated carbocycles. The molecule has 1 aliphatic heterocycles. The Kier molecular flexibility index (Phi) is 5.65. The molecular weight excluding hydrogens is 353 g/mol. The molecule has 3 aliphatic rings. The predicted octanol–water partition coefficient (Wildman–Crippen LogP) is 5.22. The number of hydrogen-bond donors (Lipinski definition) is 0. The van der Waals surface area contributed by atoms with Crippen molar-refractivity contribution in [1.82, 2.24) is 4.90 Å². The number of halogens is 3. The van der Waals surface area contributed by atoms with Gasteiger partial charge in [0.1, 0.15) is 5.75 Å². The van der Waals surface area contributed by atoms with E-state index in [1.807, 2.05) is 0 Å². The SMILES string of the molecule is FC(F)(F)Oc1cccc(C[N-]CC2C3CN(CC4CCCCC4)CC23)c1. The van der Waals surface area contributed by atoms with Gasteiger partial charge in [0.25, 0.3) is 0 Å². The van der Waals surface area contributed by atoms with E-state index in [1.165, 1.54) is 63.9 Å². The average molecular weight is 381 g/mol. The zero-order chi connectivity index (χ0) is 18.9. The smallest absolute Gasteiger partial charge is 0.573 e. The third-order valence-corrected chi connectivity index (χ3v) is 6.45. The van der Waals surface area contributed by atoms with Crippen molar-refractivity contribution in [2.24, 2.45) is 23.7 Å². The van der Waals surface area contributed by atoms with Crippen LogP contribution in [0.25, 0.3) is 5.32 Å². The molecule has 1 heterocycles. The molecule has 4 rings (SSSR count). The van der Waals surface area contributed by atoms with Gasteiger partial charge in [0.2, 0.25) is 0 Å². The highest BCUT2D eigenvalue weighted by atomic mass is 19.4. The van der Waals surface area contributed by atoms with Crippen molar-refractivity contribution in [2.45, 2.75) is 45.0 Å². The normalized spacial score (nSPS) is 28.9. The maximum absolute atomic E-state index is 12.3. The molecule has 2 unspecified atom stereocenters. The van der Waals surface area contributed by atoms with Crippen LogP contribution in [-0.2, 0) is 6.54 Å². The molecule has 150 valence electrons. The van der Waals surface area contributed by atoms with Gasteiger partial charge < -0.3 is 15.0 Å². The summed E-state index contributed by atoms with van der Waals surface area (Å²) in [6.07, 6.45) is 2.38. The monoisotopic (exact) mass is 381 g/mol. The highest BCUT2D eigenvalue weighted by molar-refractivity contribution is 5.30. The summed E-state index contributed by atoms with van der Waals surface area (Å²) in [7, 11) is 0. The first kappa shape index (κ1) is 19.1. The molecule has 1 saturated heterocycles. The van der Waals surface area contributed by atoms with Crippen molar-refractivity contribution in [2.75, 3.05) is 26.2 Å². The Morgan fingerprint density at radius 3 is 2.52 bits per heavy atom. The van der Waals surface area contributed by atoms with Crippen LogP contribution in [0.2, 0.25) is 0 Å². The van der Waals surface area contributed by atoms with Crippen LogP contribution in [0.3, 0.4) is 0 Å². The van der Waals surface area contributed by atoms with Crippen molar-refractivity contribution in [3.63, 3.8) is 0 Å². The summed E-state index contributed by atoms with van der Waals surface area (Å²) in [6, 6.07) is 6.13. The van der Waals surface area contributed by atoms with Gasteiger partial charge in [-0.25, -0.2) is 0 Å². The fraction of sp³-hybridized carbons (Fsp3) is 0.714. The summed E-state index contributed by atoms with van der Waals surface area (Å²) in [6.45, 7) is 5.00. The van der Waals surface area contributed by atoms with Crippen molar-refractivity contribution in [3.8, 4) is 5.75 Å². The van der Waals surface area contributed by atoms with Gasteiger partial charge >= 0.3 is 6.36 Å². The third kappa shape index (κ3) is 5.17. The van der Waals surface area contributed by atoms with Crippen LogP contribution in [0.1, 0.15) is 37.7 Å². The van der Waals surface area contributed by atoms with E-state index < -0.39 is 6.36 Å². The summed E-state index contributed by atoms with van der Waals surface area (Å²) in [5.74, 6) is 3.00. The van der Waals surface area contributed by atoms with Crippen molar-refractivity contribution < 1.29 is 17.9 Å². The standard InChI is InChI=1S/C21H28F3N2O/c22-21(23,24)27-17-8-4-7-16(9-17)10-25-11-18-19-13-26(14-20(18)19)12-15-5-2-1-3-6-15/h4,7-9,15,18-20H,1-3,5-6,10-14H2/q-1. The molecular formula is C21H28F3N2O-. The molecule has 0 spiro atoms. The predicted molar refractivity (Wildman–Crippen MR) is 98.5 cm³/mol. The molecule has 0 N–H and O–H groups in total. The van der Waals surface area contributed by atoms with Crippen molar-refractivity contribution in [3.05, 3.63) is 35.1 Å². The van der Waals surface area contributed by atoms with Crippen molar-refractivity contribution >= 4 is 0 Å². The average Bonchev–Trinajstić information content (AvgIpc) is 3.07. The second kappa shape index (κ2) is 8.00. The summed E-state index contributed by atoms with van der Waals surface area (Å²) in [4.78, 5) is 2.65. The number of likely N-dealkylation sites (tertiary alicyclic amines) is 1. The Hall–Kier alpha value is -1.27. The van der Waals surface area contributed by atoms with Crippen LogP contribution in [0.15, 0.2) is 24.3 Å². The zero-order valence-electron chi connectivity index (χ0n) is 15.6. The minimum Gasteiger partial charge on any atom is -0.658 e. The largest absolute Gasteiger partial charge is 0.658 e. The number of rotatable bonds is 7. The highest BCUT2D eigenvalue weighted by Gasteiger charge is 2.53. The molecule has 2 aliphatic carbocycles. The molecule has 0 amide bonds. The molecule has 0 bridgehead atoms. The lowest BCUT2D eigenvalue weighted by Gasteiger charge is -2.29. The Labute approximate surface area is 159 Å². The fourth-order valence-electron chi connectivity index (χ4n) is 5.08. The number of alkyl halides is 3. The Morgan fingerprint density at radius 1 is 1.07 bits per heavy atom. The van der Waals surface area contributed by atoms with E-state index in [2.05, 4.69) is 15.0 Å². The Morgan fingerprint density at radius 2 is 1.81 bits per heavy atom.